The topological polar surface area (TPSA) is 88.7 Å². The van der Waals surface area contributed by atoms with Gasteiger partial charge < -0.3 is 15.3 Å². The molecule has 2 aliphatic rings. The van der Waals surface area contributed by atoms with Crippen molar-refractivity contribution in [1.29, 1.82) is 0 Å². The average Bonchev–Trinajstić information content (AvgIpc) is 3.37. The van der Waals surface area contributed by atoms with Gasteiger partial charge in [-0.1, -0.05) is 41.5 Å². The van der Waals surface area contributed by atoms with E-state index in [1.54, 1.807) is 11.8 Å². The summed E-state index contributed by atoms with van der Waals surface area (Å²) in [5.74, 6) is 0.989. The zero-order chi connectivity index (χ0) is 19.1. The molecule has 1 aliphatic carbocycles. The van der Waals surface area contributed by atoms with Gasteiger partial charge in [0.05, 0.1) is 12.3 Å². The molecule has 1 aromatic rings. The Morgan fingerprint density at radius 2 is 1.85 bits per heavy atom. The van der Waals surface area contributed by atoms with Gasteiger partial charge in [-0.05, 0) is 37.7 Å². The van der Waals surface area contributed by atoms with Gasteiger partial charge in [0.15, 0.2) is 16.7 Å². The van der Waals surface area contributed by atoms with Gasteiger partial charge in [-0.25, -0.2) is 5.01 Å². The molecule has 2 unspecified atom stereocenters. The SMILES string of the molecule is CC(C)C(C)N=C1SCC(Br)(C2CC2)N1N=Cc1cc(O)c(O)cc1O. The highest BCUT2D eigenvalue weighted by Crippen LogP contribution is 2.53. The molecule has 26 heavy (non-hydrogen) atoms. The zero-order valence-corrected chi connectivity index (χ0v) is 17.5. The third kappa shape index (κ3) is 3.81. The van der Waals surface area contributed by atoms with Gasteiger partial charge in [-0.15, -0.1) is 0 Å². The molecule has 1 saturated heterocycles. The molecule has 0 amide bonds. The smallest absolute Gasteiger partial charge is 0.181 e. The van der Waals surface area contributed by atoms with Crippen LogP contribution in [0.15, 0.2) is 22.2 Å². The molecule has 0 aromatic heterocycles. The normalized spacial score (nSPS) is 26.3. The first kappa shape index (κ1) is 19.4. The van der Waals surface area contributed by atoms with E-state index in [0.29, 0.717) is 17.4 Å². The summed E-state index contributed by atoms with van der Waals surface area (Å²) in [6.45, 7) is 6.37. The summed E-state index contributed by atoms with van der Waals surface area (Å²) in [6, 6.07) is 2.57. The Kier molecular flexibility index (Phi) is 5.44. The monoisotopic (exact) mass is 441 g/mol. The maximum atomic E-state index is 10.00. The second-order valence-corrected chi connectivity index (χ2v) is 9.55. The Labute approximate surface area is 166 Å². The summed E-state index contributed by atoms with van der Waals surface area (Å²) in [4.78, 5) is 4.84. The number of thioether (sulfide) groups is 1. The Morgan fingerprint density at radius 3 is 2.46 bits per heavy atom. The molecule has 2 atom stereocenters. The maximum Gasteiger partial charge on any atom is 0.181 e. The van der Waals surface area contributed by atoms with Crippen LogP contribution < -0.4 is 0 Å². The number of alkyl halides is 1. The van der Waals surface area contributed by atoms with Crippen LogP contribution in [0.25, 0.3) is 0 Å². The van der Waals surface area contributed by atoms with Crippen LogP contribution in [-0.2, 0) is 0 Å². The number of hydrogen-bond acceptors (Lipinski definition) is 6. The fraction of sp³-hybridized carbons (Fsp3) is 0.556. The second-order valence-electron chi connectivity index (χ2n) is 7.23. The number of hydrogen-bond donors (Lipinski definition) is 3. The molecule has 6 nitrogen and oxygen atoms in total. The Balaban J connectivity index is 1.93. The lowest BCUT2D eigenvalue weighted by molar-refractivity contribution is 0.303. The summed E-state index contributed by atoms with van der Waals surface area (Å²) in [5.41, 5.74) is 0.333. The molecule has 3 N–H and O–H groups in total. The Hall–Kier alpha value is -1.41. The van der Waals surface area contributed by atoms with Gasteiger partial charge in [0, 0.05) is 17.4 Å². The number of phenolic OH excluding ortho intramolecular Hbond substituents is 3. The third-order valence-corrected chi connectivity index (χ3v) is 7.61. The van der Waals surface area contributed by atoms with Crippen molar-refractivity contribution in [2.24, 2.45) is 21.9 Å². The van der Waals surface area contributed by atoms with E-state index in [9.17, 15) is 15.3 Å². The first-order valence-corrected chi connectivity index (χ1v) is 10.5. The highest BCUT2D eigenvalue weighted by atomic mass is 79.9. The summed E-state index contributed by atoms with van der Waals surface area (Å²) in [7, 11) is 0. The number of rotatable bonds is 5. The minimum absolute atomic E-state index is 0.142. The number of amidine groups is 1. The third-order valence-electron chi connectivity index (χ3n) is 4.85. The van der Waals surface area contributed by atoms with E-state index >= 15 is 0 Å². The summed E-state index contributed by atoms with van der Waals surface area (Å²) in [6.07, 6.45) is 3.79. The standard InChI is InChI=1S/C18H24BrN3O3S/c1-10(2)11(3)21-17-22(18(19,9-26-17)13-4-5-13)20-8-12-6-15(24)16(25)7-14(12)23/h6-8,10-11,13,23-25H,4-5,9H2,1-3H3. The van der Waals surface area contributed by atoms with Gasteiger partial charge in [-0.3, -0.25) is 4.99 Å². The van der Waals surface area contributed by atoms with Crippen molar-refractivity contribution in [2.75, 3.05) is 5.75 Å². The molecule has 0 spiro atoms. The quantitative estimate of drug-likeness (QED) is 0.210. The van der Waals surface area contributed by atoms with Crippen LogP contribution in [-0.4, -0.2) is 48.0 Å². The van der Waals surface area contributed by atoms with Gasteiger partial charge in [0.1, 0.15) is 10.2 Å². The second kappa shape index (κ2) is 7.31. The first-order chi connectivity index (χ1) is 12.2. The van der Waals surface area contributed by atoms with E-state index in [0.717, 1.165) is 29.8 Å². The minimum Gasteiger partial charge on any atom is -0.507 e. The van der Waals surface area contributed by atoms with Crippen molar-refractivity contribution < 1.29 is 15.3 Å². The highest BCUT2D eigenvalue weighted by molar-refractivity contribution is 9.10. The zero-order valence-electron chi connectivity index (χ0n) is 15.1. The lowest BCUT2D eigenvalue weighted by atomic mass is 10.1. The molecule has 1 heterocycles. The van der Waals surface area contributed by atoms with E-state index < -0.39 is 0 Å². The number of aromatic hydroxyl groups is 3. The summed E-state index contributed by atoms with van der Waals surface area (Å²) >= 11 is 5.56. The number of halogens is 1. The fourth-order valence-corrected chi connectivity index (χ4v) is 5.07. The molecule has 1 aromatic carbocycles. The molecular formula is C18H24BrN3O3S. The molecular weight excluding hydrogens is 418 g/mol. The lowest BCUT2D eigenvalue weighted by Crippen LogP contribution is -2.41. The van der Waals surface area contributed by atoms with E-state index in [4.69, 9.17) is 4.99 Å². The highest BCUT2D eigenvalue weighted by Gasteiger charge is 2.53. The lowest BCUT2D eigenvalue weighted by Gasteiger charge is -2.30. The van der Waals surface area contributed by atoms with Crippen LogP contribution in [0, 0.1) is 11.8 Å². The van der Waals surface area contributed by atoms with Crippen LogP contribution in [0.3, 0.4) is 0 Å². The molecule has 0 bridgehead atoms. The number of aliphatic imine (C=N–C) groups is 1. The predicted molar refractivity (Wildman–Crippen MR) is 109 cm³/mol. The molecule has 1 saturated carbocycles. The van der Waals surface area contributed by atoms with Crippen molar-refractivity contribution in [3.05, 3.63) is 17.7 Å². The van der Waals surface area contributed by atoms with E-state index in [-0.39, 0.29) is 27.7 Å². The molecule has 1 aliphatic heterocycles. The molecule has 142 valence electrons. The maximum absolute atomic E-state index is 10.00. The number of hydrazone groups is 1. The van der Waals surface area contributed by atoms with Gasteiger partial charge in [-0.2, -0.15) is 5.10 Å². The van der Waals surface area contributed by atoms with Crippen LogP contribution in [0.2, 0.25) is 0 Å². The molecule has 3 rings (SSSR count). The number of nitrogens with zero attached hydrogens (tertiary/aromatic N) is 3. The Bertz CT molecular complexity index is 751. The first-order valence-electron chi connectivity index (χ1n) is 8.71. The van der Waals surface area contributed by atoms with Crippen molar-refractivity contribution >= 4 is 39.1 Å². The van der Waals surface area contributed by atoms with Crippen LogP contribution >= 0.6 is 27.7 Å². The number of benzene rings is 1. The van der Waals surface area contributed by atoms with Gasteiger partial charge >= 0.3 is 0 Å². The predicted octanol–water partition coefficient (Wildman–Crippen LogP) is 4.09. The fourth-order valence-electron chi connectivity index (χ4n) is 2.63. The van der Waals surface area contributed by atoms with Crippen LogP contribution in [0.1, 0.15) is 39.2 Å². The van der Waals surface area contributed by atoms with Gasteiger partial charge in [0.2, 0.25) is 0 Å². The average molecular weight is 442 g/mol. The Morgan fingerprint density at radius 1 is 1.19 bits per heavy atom. The molecule has 8 heteroatoms. The molecule has 0 radical (unpaired) electrons. The number of phenols is 3. The van der Waals surface area contributed by atoms with E-state index in [2.05, 4.69) is 41.8 Å². The largest absolute Gasteiger partial charge is 0.507 e. The van der Waals surface area contributed by atoms with Crippen molar-refractivity contribution in [1.82, 2.24) is 5.01 Å². The summed E-state index contributed by atoms with van der Waals surface area (Å²) in [5, 5.41) is 36.5. The summed E-state index contributed by atoms with van der Waals surface area (Å²) < 4.78 is -0.279. The van der Waals surface area contributed by atoms with Crippen LogP contribution in [0.5, 0.6) is 17.2 Å². The van der Waals surface area contributed by atoms with Crippen molar-refractivity contribution in [3.63, 3.8) is 0 Å². The van der Waals surface area contributed by atoms with Crippen LogP contribution in [0.4, 0.5) is 0 Å². The van der Waals surface area contributed by atoms with E-state index in [1.807, 2.05) is 5.01 Å². The van der Waals surface area contributed by atoms with E-state index in [1.165, 1.54) is 12.3 Å². The van der Waals surface area contributed by atoms with Gasteiger partial charge in [0.25, 0.3) is 0 Å². The van der Waals surface area contributed by atoms with Crippen molar-refractivity contribution in [2.45, 2.75) is 44.1 Å². The minimum atomic E-state index is -0.364. The molecule has 2 fully saturated rings. The van der Waals surface area contributed by atoms with Crippen molar-refractivity contribution in [3.8, 4) is 17.2 Å².